The number of nitro benzene ring substituents is 1. The number of hydrogen-bond acceptors (Lipinski definition) is 6. The van der Waals surface area contributed by atoms with Gasteiger partial charge in [0, 0.05) is 31.8 Å². The molecule has 130 valence electrons. The summed E-state index contributed by atoms with van der Waals surface area (Å²) in [6.07, 6.45) is 0. The van der Waals surface area contributed by atoms with Crippen LogP contribution in [-0.4, -0.2) is 42.9 Å². The molecule has 8 nitrogen and oxygen atoms in total. The second-order valence-electron chi connectivity index (χ2n) is 5.26. The number of rotatable bonds is 5. The fourth-order valence-corrected chi connectivity index (χ4v) is 2.04. The molecule has 0 N–H and O–H groups in total. The fraction of sp³-hybridized carbons (Fsp3) is 0.176. The van der Waals surface area contributed by atoms with E-state index in [1.165, 1.54) is 24.1 Å². The Morgan fingerprint density at radius 2 is 1.72 bits per heavy atom. The number of carbonyl (C=O) groups is 2. The number of methoxy groups -OCH3 is 1. The lowest BCUT2D eigenvalue weighted by molar-refractivity contribution is -0.384. The largest absolute Gasteiger partial charge is 0.465 e. The maximum absolute atomic E-state index is 11.9. The summed E-state index contributed by atoms with van der Waals surface area (Å²) in [4.78, 5) is 35.4. The Morgan fingerprint density at radius 3 is 2.24 bits per heavy atom. The number of carbonyl (C=O) groups excluding carboxylic acids is 2. The van der Waals surface area contributed by atoms with Crippen LogP contribution in [0.25, 0.3) is 0 Å². The third-order valence-electron chi connectivity index (χ3n) is 3.31. The van der Waals surface area contributed by atoms with Crippen LogP contribution in [0.5, 0.6) is 11.5 Å². The van der Waals surface area contributed by atoms with Gasteiger partial charge in [-0.25, -0.2) is 4.79 Å². The van der Waals surface area contributed by atoms with Crippen LogP contribution in [-0.2, 0) is 4.74 Å². The molecule has 8 heteroatoms. The van der Waals surface area contributed by atoms with Crippen LogP contribution in [0.4, 0.5) is 5.69 Å². The number of non-ortho nitro benzene ring substituents is 1. The molecule has 2 aromatic carbocycles. The smallest absolute Gasteiger partial charge is 0.341 e. The van der Waals surface area contributed by atoms with Crippen molar-refractivity contribution in [2.24, 2.45) is 0 Å². The van der Waals surface area contributed by atoms with Crippen LogP contribution in [0.3, 0.4) is 0 Å². The molecule has 0 fully saturated rings. The first-order valence-electron chi connectivity index (χ1n) is 7.20. The summed E-state index contributed by atoms with van der Waals surface area (Å²) in [6, 6.07) is 9.94. The molecule has 0 saturated heterocycles. The molecule has 0 saturated carbocycles. The van der Waals surface area contributed by atoms with E-state index in [1.54, 1.807) is 38.4 Å². The highest BCUT2D eigenvalue weighted by atomic mass is 16.6. The Morgan fingerprint density at radius 1 is 1.08 bits per heavy atom. The Bertz CT molecular complexity index is 814. The normalized spacial score (nSPS) is 10.0. The molecule has 0 radical (unpaired) electrons. The van der Waals surface area contributed by atoms with Gasteiger partial charge >= 0.3 is 5.97 Å². The van der Waals surface area contributed by atoms with Gasteiger partial charge in [0.15, 0.2) is 0 Å². The highest BCUT2D eigenvalue weighted by Crippen LogP contribution is 2.29. The zero-order valence-corrected chi connectivity index (χ0v) is 13.9. The van der Waals surface area contributed by atoms with E-state index in [0.29, 0.717) is 11.3 Å². The summed E-state index contributed by atoms with van der Waals surface area (Å²) in [7, 11) is 4.46. The zero-order valence-electron chi connectivity index (χ0n) is 13.9. The molecule has 0 atom stereocenters. The highest BCUT2D eigenvalue weighted by molar-refractivity contribution is 5.94. The lowest BCUT2D eigenvalue weighted by atomic mass is 10.1. The van der Waals surface area contributed by atoms with Crippen LogP contribution < -0.4 is 4.74 Å². The Labute approximate surface area is 143 Å². The fourth-order valence-electron chi connectivity index (χ4n) is 2.04. The standard InChI is InChI=1S/C17H16N2O6/c1-18(2)16(20)11-4-7-13(8-5-11)25-15-9-6-12(19(22)23)10-14(15)17(21)24-3/h4-10H,1-3H3. The van der Waals surface area contributed by atoms with Crippen molar-refractivity contribution in [3.05, 3.63) is 63.7 Å². The SMILES string of the molecule is COC(=O)c1cc([N+](=O)[O-])ccc1Oc1ccc(C(=O)N(C)C)cc1. The van der Waals surface area contributed by atoms with Crippen molar-refractivity contribution in [3.63, 3.8) is 0 Å². The molecule has 0 aliphatic heterocycles. The summed E-state index contributed by atoms with van der Waals surface area (Å²) in [5, 5.41) is 10.9. The van der Waals surface area contributed by atoms with Gasteiger partial charge < -0.3 is 14.4 Å². The van der Waals surface area contributed by atoms with E-state index in [2.05, 4.69) is 4.74 Å². The molecule has 0 aromatic heterocycles. The quantitative estimate of drug-likeness (QED) is 0.470. The Kier molecular flexibility index (Phi) is 5.33. The van der Waals surface area contributed by atoms with Crippen molar-refractivity contribution < 1.29 is 24.0 Å². The van der Waals surface area contributed by atoms with Crippen LogP contribution >= 0.6 is 0 Å². The van der Waals surface area contributed by atoms with Crippen molar-refractivity contribution >= 4 is 17.6 Å². The predicted molar refractivity (Wildman–Crippen MR) is 89.0 cm³/mol. The van der Waals surface area contributed by atoms with Gasteiger partial charge in [-0.05, 0) is 30.3 Å². The molecule has 0 spiro atoms. The van der Waals surface area contributed by atoms with Crippen LogP contribution in [0.2, 0.25) is 0 Å². The highest BCUT2D eigenvalue weighted by Gasteiger charge is 2.19. The second-order valence-corrected chi connectivity index (χ2v) is 5.26. The number of esters is 1. The molecule has 0 bridgehead atoms. The summed E-state index contributed by atoms with van der Waals surface area (Å²) in [6.45, 7) is 0. The first-order chi connectivity index (χ1) is 11.8. The van der Waals surface area contributed by atoms with Crippen molar-refractivity contribution in [2.75, 3.05) is 21.2 Å². The Hall–Kier alpha value is -3.42. The average Bonchev–Trinajstić information content (AvgIpc) is 2.61. The molecule has 0 unspecified atom stereocenters. The van der Waals surface area contributed by atoms with E-state index in [1.807, 2.05) is 0 Å². The summed E-state index contributed by atoms with van der Waals surface area (Å²) in [5.41, 5.74) is 0.166. The topological polar surface area (TPSA) is 99.0 Å². The van der Waals surface area contributed by atoms with Crippen LogP contribution in [0, 0.1) is 10.1 Å². The van der Waals surface area contributed by atoms with E-state index in [9.17, 15) is 19.7 Å². The van der Waals surface area contributed by atoms with Gasteiger partial charge in [-0.2, -0.15) is 0 Å². The van der Waals surface area contributed by atoms with E-state index in [-0.39, 0.29) is 22.9 Å². The molecular weight excluding hydrogens is 328 g/mol. The number of hydrogen-bond donors (Lipinski definition) is 0. The van der Waals surface area contributed by atoms with Gasteiger partial charge in [0.25, 0.3) is 11.6 Å². The minimum absolute atomic E-state index is 0.0647. The van der Waals surface area contributed by atoms with Gasteiger partial charge in [-0.1, -0.05) is 0 Å². The lowest BCUT2D eigenvalue weighted by Gasteiger charge is -2.12. The van der Waals surface area contributed by atoms with E-state index < -0.39 is 10.9 Å². The van der Waals surface area contributed by atoms with Crippen molar-refractivity contribution in [2.45, 2.75) is 0 Å². The molecule has 0 aliphatic rings. The van der Waals surface area contributed by atoms with Crippen LogP contribution in [0.15, 0.2) is 42.5 Å². The number of amides is 1. The summed E-state index contributed by atoms with van der Waals surface area (Å²) in [5.74, 6) is -0.423. The first-order valence-corrected chi connectivity index (χ1v) is 7.20. The molecule has 0 heterocycles. The Balaban J connectivity index is 2.31. The van der Waals surface area contributed by atoms with E-state index in [0.717, 1.165) is 6.07 Å². The van der Waals surface area contributed by atoms with Crippen molar-refractivity contribution in [3.8, 4) is 11.5 Å². The number of nitrogens with zero attached hydrogens (tertiary/aromatic N) is 2. The maximum Gasteiger partial charge on any atom is 0.341 e. The molecule has 2 aromatic rings. The van der Waals surface area contributed by atoms with E-state index in [4.69, 9.17) is 4.74 Å². The van der Waals surface area contributed by atoms with E-state index >= 15 is 0 Å². The monoisotopic (exact) mass is 344 g/mol. The van der Waals surface area contributed by atoms with Gasteiger partial charge in [0.2, 0.25) is 0 Å². The number of ether oxygens (including phenoxy) is 2. The molecule has 25 heavy (non-hydrogen) atoms. The minimum Gasteiger partial charge on any atom is -0.465 e. The molecule has 0 aliphatic carbocycles. The van der Waals surface area contributed by atoms with Gasteiger partial charge in [0.1, 0.15) is 17.1 Å². The second kappa shape index (κ2) is 7.43. The summed E-state index contributed by atoms with van der Waals surface area (Å²) < 4.78 is 10.2. The predicted octanol–water partition coefficient (Wildman–Crippen LogP) is 2.88. The minimum atomic E-state index is -0.752. The van der Waals surface area contributed by atoms with Gasteiger partial charge in [0.05, 0.1) is 12.0 Å². The van der Waals surface area contributed by atoms with Crippen molar-refractivity contribution in [1.29, 1.82) is 0 Å². The number of nitro groups is 1. The first kappa shape index (κ1) is 17.9. The molecule has 1 amide bonds. The van der Waals surface area contributed by atoms with Gasteiger partial charge in [-0.3, -0.25) is 14.9 Å². The van der Waals surface area contributed by atoms with Crippen molar-refractivity contribution in [1.82, 2.24) is 4.90 Å². The summed E-state index contributed by atoms with van der Waals surface area (Å²) >= 11 is 0. The van der Waals surface area contributed by atoms with Gasteiger partial charge in [-0.15, -0.1) is 0 Å². The zero-order chi connectivity index (χ0) is 18.6. The third-order valence-corrected chi connectivity index (χ3v) is 3.31. The lowest BCUT2D eigenvalue weighted by Crippen LogP contribution is -2.21. The molecular formula is C17H16N2O6. The maximum atomic E-state index is 11.9. The third kappa shape index (κ3) is 4.11. The average molecular weight is 344 g/mol. The van der Waals surface area contributed by atoms with Crippen LogP contribution in [0.1, 0.15) is 20.7 Å². The molecule has 2 rings (SSSR count). The number of benzene rings is 2.